The minimum absolute atomic E-state index is 0.123. The first kappa shape index (κ1) is 19.1. The van der Waals surface area contributed by atoms with Gasteiger partial charge < -0.3 is 10.1 Å². The smallest absolute Gasteiger partial charge is 0.338 e. The Bertz CT molecular complexity index is 785. The lowest BCUT2D eigenvalue weighted by Gasteiger charge is -2.15. The second kappa shape index (κ2) is 8.75. The third kappa shape index (κ3) is 5.14. The van der Waals surface area contributed by atoms with Crippen LogP contribution in [0.15, 0.2) is 48.5 Å². The van der Waals surface area contributed by atoms with Crippen LogP contribution in [0, 0.1) is 10.1 Å². The van der Waals surface area contributed by atoms with E-state index in [9.17, 15) is 19.7 Å². The predicted octanol–water partition coefficient (Wildman–Crippen LogP) is 3.19. The van der Waals surface area contributed by atoms with Crippen LogP contribution in [-0.4, -0.2) is 23.4 Å². The van der Waals surface area contributed by atoms with Crippen molar-refractivity contribution in [2.24, 2.45) is 0 Å². The lowest BCUT2D eigenvalue weighted by molar-refractivity contribution is -0.384. The van der Waals surface area contributed by atoms with Gasteiger partial charge in [-0.15, -0.1) is 0 Å². The number of rotatable bonds is 7. The number of nitrogens with one attached hydrogen (secondary N) is 1. The second-order valence-electron chi connectivity index (χ2n) is 5.76. The molecule has 0 aliphatic rings. The number of non-ortho nitro benzene ring substituents is 1. The van der Waals surface area contributed by atoms with E-state index in [0.717, 1.165) is 12.0 Å². The van der Waals surface area contributed by atoms with Gasteiger partial charge >= 0.3 is 5.97 Å². The molecule has 7 nitrogen and oxygen atoms in total. The number of hydrogen-bond acceptors (Lipinski definition) is 5. The molecule has 0 aliphatic carbocycles. The van der Waals surface area contributed by atoms with E-state index in [4.69, 9.17) is 4.74 Å². The van der Waals surface area contributed by atoms with E-state index < -0.39 is 23.4 Å². The molecule has 26 heavy (non-hydrogen) atoms. The number of nitrogens with zero attached hydrogens (tertiary/aromatic N) is 1. The molecule has 1 N–H and O–H groups in total. The van der Waals surface area contributed by atoms with E-state index in [2.05, 4.69) is 12.2 Å². The quantitative estimate of drug-likeness (QED) is 0.467. The Labute approximate surface area is 151 Å². The van der Waals surface area contributed by atoms with Crippen LogP contribution in [0.4, 0.5) is 5.69 Å². The molecule has 1 amide bonds. The summed E-state index contributed by atoms with van der Waals surface area (Å²) in [5.41, 5.74) is 2.19. The number of aryl methyl sites for hydroxylation is 1. The van der Waals surface area contributed by atoms with Crippen molar-refractivity contribution in [3.63, 3.8) is 0 Å². The lowest BCUT2D eigenvalue weighted by atomic mass is 10.1. The van der Waals surface area contributed by atoms with Crippen molar-refractivity contribution in [3.8, 4) is 0 Å². The van der Waals surface area contributed by atoms with E-state index in [0.29, 0.717) is 0 Å². The van der Waals surface area contributed by atoms with Gasteiger partial charge in [0.1, 0.15) is 0 Å². The normalized spacial score (nSPS) is 11.5. The van der Waals surface area contributed by atoms with Crippen LogP contribution in [0.3, 0.4) is 0 Å². The van der Waals surface area contributed by atoms with Gasteiger partial charge in [0.05, 0.1) is 16.5 Å². The number of amides is 1. The summed E-state index contributed by atoms with van der Waals surface area (Å²) < 4.78 is 4.94. The largest absolute Gasteiger partial charge is 0.452 e. The van der Waals surface area contributed by atoms with E-state index in [1.807, 2.05) is 31.2 Å². The molecule has 7 heteroatoms. The summed E-state index contributed by atoms with van der Waals surface area (Å²) >= 11 is 0. The van der Waals surface area contributed by atoms with Gasteiger partial charge in [0, 0.05) is 12.1 Å². The Balaban J connectivity index is 1.85. The predicted molar refractivity (Wildman–Crippen MR) is 95.8 cm³/mol. The summed E-state index contributed by atoms with van der Waals surface area (Å²) in [6.07, 6.45) is 0.944. The van der Waals surface area contributed by atoms with Gasteiger partial charge in [0.15, 0.2) is 6.61 Å². The molecule has 2 aromatic rings. The van der Waals surface area contributed by atoms with Crippen molar-refractivity contribution in [2.75, 3.05) is 6.61 Å². The van der Waals surface area contributed by atoms with E-state index in [1.165, 1.54) is 29.8 Å². The fourth-order valence-electron chi connectivity index (χ4n) is 2.34. The van der Waals surface area contributed by atoms with Crippen LogP contribution in [-0.2, 0) is 16.0 Å². The Morgan fingerprint density at radius 3 is 2.27 bits per heavy atom. The zero-order chi connectivity index (χ0) is 19.1. The molecule has 0 aromatic heterocycles. The third-order valence-corrected chi connectivity index (χ3v) is 3.91. The van der Waals surface area contributed by atoms with E-state index in [-0.39, 0.29) is 17.3 Å². The molecule has 0 bridgehead atoms. The van der Waals surface area contributed by atoms with Crippen molar-refractivity contribution in [1.29, 1.82) is 0 Å². The fraction of sp³-hybridized carbons (Fsp3) is 0.263. The third-order valence-electron chi connectivity index (χ3n) is 3.91. The maximum atomic E-state index is 12.0. The first-order valence-electron chi connectivity index (χ1n) is 8.20. The zero-order valence-corrected chi connectivity index (χ0v) is 14.6. The highest BCUT2D eigenvalue weighted by molar-refractivity contribution is 5.91. The number of ether oxygens (including phenoxy) is 1. The molecule has 136 valence electrons. The van der Waals surface area contributed by atoms with Gasteiger partial charge in [-0.1, -0.05) is 31.2 Å². The van der Waals surface area contributed by atoms with Crippen LogP contribution >= 0.6 is 0 Å². The molecule has 0 spiro atoms. The SMILES string of the molecule is CCc1ccc([C@@H](C)NC(=O)COC(=O)c2ccc([N+](=O)[O-])cc2)cc1. The molecular formula is C19H20N2O5. The first-order chi connectivity index (χ1) is 12.4. The molecule has 1 atom stereocenters. The van der Waals surface area contributed by atoms with Gasteiger partial charge in [-0.2, -0.15) is 0 Å². The van der Waals surface area contributed by atoms with Crippen molar-refractivity contribution in [2.45, 2.75) is 26.3 Å². The van der Waals surface area contributed by atoms with Gasteiger partial charge in [0.25, 0.3) is 11.6 Å². The highest BCUT2D eigenvalue weighted by atomic mass is 16.6. The summed E-state index contributed by atoms with van der Waals surface area (Å²) in [5.74, 6) is -1.14. The summed E-state index contributed by atoms with van der Waals surface area (Å²) in [5, 5.41) is 13.3. The number of nitro groups is 1. The fourth-order valence-corrected chi connectivity index (χ4v) is 2.34. The monoisotopic (exact) mass is 356 g/mol. The number of benzene rings is 2. The number of nitro benzene ring substituents is 1. The van der Waals surface area contributed by atoms with Gasteiger partial charge in [-0.25, -0.2) is 4.79 Å². The number of esters is 1. The van der Waals surface area contributed by atoms with Crippen molar-refractivity contribution >= 4 is 17.6 Å². The zero-order valence-electron chi connectivity index (χ0n) is 14.6. The van der Waals surface area contributed by atoms with E-state index >= 15 is 0 Å². The second-order valence-corrected chi connectivity index (χ2v) is 5.76. The highest BCUT2D eigenvalue weighted by Gasteiger charge is 2.14. The summed E-state index contributed by atoms with van der Waals surface area (Å²) in [6.45, 7) is 3.49. The molecule has 0 heterocycles. The molecule has 0 fully saturated rings. The van der Waals surface area contributed by atoms with Crippen LogP contribution in [0.25, 0.3) is 0 Å². The van der Waals surface area contributed by atoms with Crippen LogP contribution in [0.5, 0.6) is 0 Å². The van der Waals surface area contributed by atoms with Gasteiger partial charge in [-0.3, -0.25) is 14.9 Å². The number of carbonyl (C=O) groups excluding carboxylic acids is 2. The van der Waals surface area contributed by atoms with Crippen molar-refractivity contribution in [1.82, 2.24) is 5.32 Å². The Kier molecular flexibility index (Phi) is 6.43. The first-order valence-corrected chi connectivity index (χ1v) is 8.20. The Morgan fingerprint density at radius 2 is 1.73 bits per heavy atom. The standard InChI is InChI=1S/C19H20N2O5/c1-3-14-4-6-15(7-5-14)13(2)20-18(22)12-26-19(23)16-8-10-17(11-9-16)21(24)25/h4-11,13H,3,12H2,1-2H3,(H,20,22)/t13-/m1/s1. The topological polar surface area (TPSA) is 98.5 Å². The summed E-state index contributed by atoms with van der Waals surface area (Å²) in [7, 11) is 0. The summed E-state index contributed by atoms with van der Waals surface area (Å²) in [6, 6.07) is 12.7. The van der Waals surface area contributed by atoms with Crippen molar-refractivity contribution < 1.29 is 19.2 Å². The minimum Gasteiger partial charge on any atom is -0.452 e. The molecule has 0 saturated heterocycles. The molecule has 0 radical (unpaired) electrons. The molecule has 0 saturated carbocycles. The van der Waals surface area contributed by atoms with Gasteiger partial charge in [-0.05, 0) is 36.6 Å². The molecule has 0 unspecified atom stereocenters. The van der Waals surface area contributed by atoms with Crippen LogP contribution in [0.1, 0.15) is 41.4 Å². The maximum Gasteiger partial charge on any atom is 0.338 e. The number of carbonyl (C=O) groups is 2. The Morgan fingerprint density at radius 1 is 1.12 bits per heavy atom. The molecule has 0 aliphatic heterocycles. The van der Waals surface area contributed by atoms with E-state index in [1.54, 1.807) is 0 Å². The minimum atomic E-state index is -0.713. The maximum absolute atomic E-state index is 12.0. The summed E-state index contributed by atoms with van der Waals surface area (Å²) in [4.78, 5) is 33.9. The van der Waals surface area contributed by atoms with Gasteiger partial charge in [0.2, 0.25) is 0 Å². The lowest BCUT2D eigenvalue weighted by Crippen LogP contribution is -2.31. The Hall–Kier alpha value is -3.22. The molecular weight excluding hydrogens is 336 g/mol. The van der Waals surface area contributed by atoms with Crippen molar-refractivity contribution in [3.05, 3.63) is 75.3 Å². The average Bonchev–Trinajstić information content (AvgIpc) is 2.66. The average molecular weight is 356 g/mol. The van der Waals surface area contributed by atoms with Crippen LogP contribution in [0.2, 0.25) is 0 Å². The highest BCUT2D eigenvalue weighted by Crippen LogP contribution is 2.14. The van der Waals surface area contributed by atoms with Crippen LogP contribution < -0.4 is 5.32 Å². The number of hydrogen-bond donors (Lipinski definition) is 1. The molecule has 2 aromatic carbocycles. The molecule has 2 rings (SSSR count).